The van der Waals surface area contributed by atoms with Crippen molar-refractivity contribution in [2.75, 3.05) is 13.1 Å². The second kappa shape index (κ2) is 30.1. The Morgan fingerprint density at radius 1 is 0.833 bits per heavy atom. The number of benzene rings is 2. The van der Waals surface area contributed by atoms with Crippen LogP contribution in [0.15, 0.2) is 108 Å². The minimum atomic E-state index is -0.753. The standard InChI is InChI=1S/C15H18S.C14H16F2.C10H20.C7H15N.C4H8/c1-10(2)13(6)16-14-7-8-15(11(3)4)12(5)9-14;1-4-6-7-11-8-9-12(10(3)5-2)14(16)13(11)15;1-5-7-10(8-6-2)9(3)4;1-3-7(4-2)5-8-6-7;1-3-4-2/h7-9H,1,3,6H2,2,4-5H3;4-5,8-9H,1,6-7H2,2-3H3;10H,3,5-8H2,1-2,4H3;8H,3-6H2,1-2H3;3-4H,1-2H3/b;10-5+;;;4-3-. The zero-order chi connectivity index (χ0) is 41.9. The molecule has 302 valence electrons. The SMILES string of the molecule is C/C=C\C.C=C(C)C(=C)Sc1ccc(C(=C)C)c(C)c1.C=C(C)C(CCC)CCC.C=CCCc1ccc(/C(C)=C/C)c(F)c1F.CCC1(CC)CNC1. The van der Waals surface area contributed by atoms with Gasteiger partial charge in [0.05, 0.1) is 0 Å². The zero-order valence-corrected chi connectivity index (χ0v) is 37.4. The molecule has 3 rings (SSSR count). The minimum absolute atomic E-state index is 0.336. The first kappa shape index (κ1) is 52.9. The molecule has 0 unspecified atom stereocenters. The Labute approximate surface area is 337 Å². The van der Waals surface area contributed by atoms with Crippen LogP contribution in [-0.2, 0) is 6.42 Å². The molecule has 0 aromatic heterocycles. The van der Waals surface area contributed by atoms with Gasteiger partial charge in [-0.25, -0.2) is 8.78 Å². The summed E-state index contributed by atoms with van der Waals surface area (Å²) in [6.07, 6.45) is 16.5. The molecule has 2 aromatic carbocycles. The quantitative estimate of drug-likeness (QED) is 0.110. The van der Waals surface area contributed by atoms with Crippen LogP contribution < -0.4 is 5.32 Å². The van der Waals surface area contributed by atoms with Gasteiger partial charge in [-0.1, -0.05) is 132 Å². The highest BCUT2D eigenvalue weighted by Crippen LogP contribution is 2.32. The maximum absolute atomic E-state index is 13.7. The molecule has 0 aliphatic carbocycles. The van der Waals surface area contributed by atoms with Crippen LogP contribution in [0.3, 0.4) is 0 Å². The smallest absolute Gasteiger partial charge is 0.166 e. The van der Waals surface area contributed by atoms with E-state index in [1.54, 1.807) is 49.9 Å². The molecule has 1 saturated heterocycles. The number of allylic oxidation sites excluding steroid dienone is 8. The monoisotopic (exact) mass is 762 g/mol. The van der Waals surface area contributed by atoms with E-state index in [2.05, 4.69) is 98.0 Å². The van der Waals surface area contributed by atoms with Crippen LogP contribution in [0.25, 0.3) is 11.1 Å². The van der Waals surface area contributed by atoms with Crippen LogP contribution in [-0.4, -0.2) is 13.1 Å². The summed E-state index contributed by atoms with van der Waals surface area (Å²) in [5.74, 6) is -0.701. The van der Waals surface area contributed by atoms with Gasteiger partial charge in [-0.15, -0.1) is 6.58 Å². The number of aryl methyl sites for hydroxylation is 2. The molecule has 1 aliphatic heterocycles. The van der Waals surface area contributed by atoms with Crippen molar-refractivity contribution in [2.24, 2.45) is 11.3 Å². The average Bonchev–Trinajstić information content (AvgIpc) is 3.12. The van der Waals surface area contributed by atoms with Crippen LogP contribution >= 0.6 is 11.8 Å². The Kier molecular flexibility index (Phi) is 29.4. The Balaban J connectivity index is 0. The van der Waals surface area contributed by atoms with Crippen LogP contribution in [0.4, 0.5) is 8.78 Å². The third kappa shape index (κ3) is 20.5. The third-order valence-electron chi connectivity index (χ3n) is 9.82. The number of rotatable bonds is 15. The number of hydrogen-bond donors (Lipinski definition) is 1. The summed E-state index contributed by atoms with van der Waals surface area (Å²) in [7, 11) is 0. The first-order chi connectivity index (χ1) is 25.5. The Bertz CT molecular complexity index is 1480. The fraction of sp³-hybridized carbons (Fsp3) is 0.480. The summed E-state index contributed by atoms with van der Waals surface area (Å²) < 4.78 is 27.3. The molecular weight excluding hydrogens is 685 g/mol. The summed E-state index contributed by atoms with van der Waals surface area (Å²) in [6, 6.07) is 9.67. The van der Waals surface area contributed by atoms with Crippen molar-refractivity contribution in [2.45, 2.75) is 139 Å². The molecule has 1 fully saturated rings. The van der Waals surface area contributed by atoms with Gasteiger partial charge in [-0.05, 0) is 145 Å². The molecule has 1 heterocycles. The highest BCUT2D eigenvalue weighted by Gasteiger charge is 2.32. The maximum atomic E-state index is 13.7. The van der Waals surface area contributed by atoms with Crippen molar-refractivity contribution in [3.8, 4) is 0 Å². The van der Waals surface area contributed by atoms with Crippen LogP contribution in [0, 0.1) is 29.9 Å². The van der Waals surface area contributed by atoms with E-state index in [0.29, 0.717) is 29.4 Å². The predicted octanol–water partition coefficient (Wildman–Crippen LogP) is 16.5. The lowest BCUT2D eigenvalue weighted by molar-refractivity contribution is 0.154. The molecule has 0 bridgehead atoms. The number of thioether (sulfide) groups is 1. The van der Waals surface area contributed by atoms with Gasteiger partial charge < -0.3 is 5.32 Å². The van der Waals surface area contributed by atoms with E-state index in [4.69, 9.17) is 0 Å². The van der Waals surface area contributed by atoms with Gasteiger partial charge >= 0.3 is 0 Å². The first-order valence-electron chi connectivity index (χ1n) is 19.9. The van der Waals surface area contributed by atoms with Crippen molar-refractivity contribution < 1.29 is 8.78 Å². The molecule has 1 nitrogen and oxygen atoms in total. The van der Waals surface area contributed by atoms with Crippen molar-refractivity contribution in [3.05, 3.63) is 137 Å². The largest absolute Gasteiger partial charge is 0.316 e. The van der Waals surface area contributed by atoms with Gasteiger partial charge in [0.15, 0.2) is 11.6 Å². The summed E-state index contributed by atoms with van der Waals surface area (Å²) >= 11 is 1.66. The van der Waals surface area contributed by atoms with E-state index < -0.39 is 11.6 Å². The fourth-order valence-electron chi connectivity index (χ4n) is 5.47. The van der Waals surface area contributed by atoms with Crippen LogP contribution in [0.2, 0.25) is 0 Å². The predicted molar refractivity (Wildman–Crippen MR) is 244 cm³/mol. The maximum Gasteiger partial charge on any atom is 0.166 e. The topological polar surface area (TPSA) is 12.0 Å². The van der Waals surface area contributed by atoms with E-state index in [-0.39, 0.29) is 0 Å². The van der Waals surface area contributed by atoms with Gasteiger partial charge in [0.25, 0.3) is 0 Å². The third-order valence-corrected chi connectivity index (χ3v) is 10.9. The van der Waals surface area contributed by atoms with Crippen LogP contribution in [0.1, 0.15) is 143 Å². The molecule has 1 aliphatic rings. The lowest BCUT2D eigenvalue weighted by Crippen LogP contribution is -2.52. The molecular formula is C50H77F2NS. The van der Waals surface area contributed by atoms with Gasteiger partial charge in [0.2, 0.25) is 0 Å². The lowest BCUT2D eigenvalue weighted by atomic mass is 9.77. The van der Waals surface area contributed by atoms with Crippen LogP contribution in [0.5, 0.6) is 0 Å². The van der Waals surface area contributed by atoms with E-state index in [1.165, 1.54) is 73.2 Å². The first-order valence-corrected chi connectivity index (χ1v) is 20.7. The molecule has 54 heavy (non-hydrogen) atoms. The summed E-state index contributed by atoms with van der Waals surface area (Å²) in [6.45, 7) is 46.8. The normalized spacial score (nSPS) is 12.7. The van der Waals surface area contributed by atoms with E-state index in [1.807, 2.05) is 39.8 Å². The Morgan fingerprint density at radius 3 is 1.70 bits per heavy atom. The number of nitrogens with one attached hydrogen (secondary N) is 1. The molecule has 2 aromatic rings. The second-order valence-electron chi connectivity index (χ2n) is 14.4. The van der Waals surface area contributed by atoms with Gasteiger partial charge in [0.1, 0.15) is 0 Å². The van der Waals surface area contributed by atoms with Gasteiger partial charge in [-0.2, -0.15) is 0 Å². The minimum Gasteiger partial charge on any atom is -0.316 e. The molecule has 0 radical (unpaired) electrons. The summed E-state index contributed by atoms with van der Waals surface area (Å²) in [5.41, 5.74) is 8.15. The molecule has 1 N–H and O–H groups in total. The Morgan fingerprint density at radius 2 is 1.37 bits per heavy atom. The number of halogens is 2. The number of hydrogen-bond acceptors (Lipinski definition) is 2. The average molecular weight is 762 g/mol. The van der Waals surface area contributed by atoms with Crippen molar-refractivity contribution >= 4 is 22.9 Å². The highest BCUT2D eigenvalue weighted by atomic mass is 32.2. The molecule has 0 atom stereocenters. The van der Waals surface area contributed by atoms with E-state index in [0.717, 1.165) is 27.5 Å². The molecule has 0 spiro atoms. The van der Waals surface area contributed by atoms with Crippen molar-refractivity contribution in [1.82, 2.24) is 5.32 Å². The summed E-state index contributed by atoms with van der Waals surface area (Å²) in [5, 5.41) is 3.30. The second-order valence-corrected chi connectivity index (χ2v) is 15.5. The van der Waals surface area contributed by atoms with Crippen molar-refractivity contribution in [1.29, 1.82) is 0 Å². The lowest BCUT2D eigenvalue weighted by Gasteiger charge is -2.41. The highest BCUT2D eigenvalue weighted by molar-refractivity contribution is 8.03. The summed E-state index contributed by atoms with van der Waals surface area (Å²) in [4.78, 5) is 2.22. The van der Waals surface area contributed by atoms with Gasteiger partial charge in [0, 0.05) is 28.5 Å². The van der Waals surface area contributed by atoms with Gasteiger partial charge in [-0.3, -0.25) is 0 Å². The van der Waals surface area contributed by atoms with E-state index in [9.17, 15) is 8.78 Å². The Hall–Kier alpha value is -3.21. The molecule has 0 saturated carbocycles. The van der Waals surface area contributed by atoms with E-state index >= 15 is 0 Å². The zero-order valence-electron chi connectivity index (χ0n) is 36.5. The molecule has 0 amide bonds. The van der Waals surface area contributed by atoms with Crippen molar-refractivity contribution in [3.63, 3.8) is 0 Å². The molecule has 4 heteroatoms. The fourth-order valence-corrected chi connectivity index (χ4v) is 6.30.